The Labute approximate surface area is 171 Å². The van der Waals surface area contributed by atoms with Gasteiger partial charge in [0, 0.05) is 50.8 Å². The van der Waals surface area contributed by atoms with Crippen LogP contribution in [0.25, 0.3) is 0 Å². The maximum absolute atomic E-state index is 12.4. The van der Waals surface area contributed by atoms with Gasteiger partial charge in [0.25, 0.3) is 0 Å². The third-order valence-corrected chi connectivity index (χ3v) is 4.64. The lowest BCUT2D eigenvalue weighted by Gasteiger charge is -2.20. The molecule has 1 aromatic rings. The Hall–Kier alpha value is -1.55. The van der Waals surface area contributed by atoms with E-state index in [0.29, 0.717) is 18.9 Å². The number of rotatable bonds is 5. The fourth-order valence-electron chi connectivity index (χ4n) is 3.21. The third kappa shape index (κ3) is 5.23. The number of hydrogen-bond acceptors (Lipinski definition) is 4. The van der Waals surface area contributed by atoms with E-state index in [1.54, 1.807) is 19.1 Å². The van der Waals surface area contributed by atoms with Gasteiger partial charge in [-0.3, -0.25) is 9.79 Å². The van der Waals surface area contributed by atoms with Crippen LogP contribution in [0.4, 0.5) is 5.69 Å². The molecule has 7 nitrogen and oxygen atoms in total. The van der Waals surface area contributed by atoms with Gasteiger partial charge < -0.3 is 25.0 Å². The van der Waals surface area contributed by atoms with Gasteiger partial charge in [-0.2, -0.15) is 0 Å². The highest BCUT2D eigenvalue weighted by molar-refractivity contribution is 14.0. The summed E-state index contributed by atoms with van der Waals surface area (Å²) in [5.41, 5.74) is 0.861. The number of amides is 1. The van der Waals surface area contributed by atoms with Crippen LogP contribution in [-0.2, 0) is 9.53 Å². The highest BCUT2D eigenvalue weighted by Crippen LogP contribution is 2.25. The number of aliphatic imine (C=N–C) groups is 1. The Morgan fingerprint density at radius 3 is 3.00 bits per heavy atom. The van der Waals surface area contributed by atoms with Gasteiger partial charge in [0.05, 0.1) is 19.8 Å². The molecule has 2 aliphatic heterocycles. The number of methoxy groups -OCH3 is 1. The zero-order valence-corrected chi connectivity index (χ0v) is 17.6. The van der Waals surface area contributed by atoms with Crippen LogP contribution in [0.3, 0.4) is 0 Å². The van der Waals surface area contributed by atoms with Crippen LogP contribution in [0.5, 0.6) is 5.75 Å². The molecule has 2 saturated heterocycles. The van der Waals surface area contributed by atoms with Crippen molar-refractivity contribution in [3.63, 3.8) is 0 Å². The summed E-state index contributed by atoms with van der Waals surface area (Å²) < 4.78 is 10.6. The number of nitrogens with zero attached hydrogens (tertiary/aromatic N) is 2. The van der Waals surface area contributed by atoms with E-state index in [2.05, 4.69) is 15.6 Å². The Morgan fingerprint density at radius 1 is 1.46 bits per heavy atom. The second kappa shape index (κ2) is 9.96. The molecule has 2 atom stereocenters. The molecular weight excluding hydrogens is 447 g/mol. The number of nitrogens with one attached hydrogen (secondary N) is 2. The molecule has 2 unspecified atom stereocenters. The smallest absolute Gasteiger partial charge is 0.229 e. The van der Waals surface area contributed by atoms with Gasteiger partial charge in [0.1, 0.15) is 5.75 Å². The molecule has 2 N–H and O–H groups in total. The molecule has 0 radical (unpaired) electrons. The van der Waals surface area contributed by atoms with Crippen molar-refractivity contribution in [2.45, 2.75) is 18.9 Å². The van der Waals surface area contributed by atoms with Gasteiger partial charge in [-0.15, -0.1) is 24.0 Å². The summed E-state index contributed by atoms with van der Waals surface area (Å²) in [4.78, 5) is 18.4. The lowest BCUT2D eigenvalue weighted by Crippen LogP contribution is -2.46. The molecule has 2 fully saturated rings. The molecule has 3 rings (SSSR count). The standard InChI is InChI=1S/C18H26N4O3.HI/c1-19-18(20-10-13-6-7-25-12-13)21-14-8-17(23)22(11-14)15-4-3-5-16(9-15)24-2;/h3-5,9,13-14H,6-8,10-12H2,1-2H3,(H2,19,20,21);1H. The van der Waals surface area contributed by atoms with Crippen LogP contribution in [0.1, 0.15) is 12.8 Å². The SMILES string of the molecule is CN=C(NCC1CCOC1)NC1CC(=O)N(c2cccc(OC)c2)C1.I. The Bertz CT molecular complexity index is 635. The number of ether oxygens (including phenoxy) is 2. The summed E-state index contributed by atoms with van der Waals surface area (Å²) in [5, 5.41) is 6.69. The molecule has 0 aliphatic carbocycles. The first kappa shape index (κ1) is 20.8. The first-order valence-corrected chi connectivity index (χ1v) is 8.69. The summed E-state index contributed by atoms with van der Waals surface area (Å²) in [7, 11) is 3.37. The Morgan fingerprint density at radius 2 is 2.31 bits per heavy atom. The van der Waals surface area contributed by atoms with Gasteiger partial charge >= 0.3 is 0 Å². The van der Waals surface area contributed by atoms with Crippen molar-refractivity contribution < 1.29 is 14.3 Å². The van der Waals surface area contributed by atoms with Gasteiger partial charge in [0.15, 0.2) is 5.96 Å². The van der Waals surface area contributed by atoms with E-state index in [0.717, 1.165) is 43.6 Å². The van der Waals surface area contributed by atoms with Crippen LogP contribution >= 0.6 is 24.0 Å². The van der Waals surface area contributed by atoms with E-state index in [1.807, 2.05) is 24.3 Å². The number of benzene rings is 1. The summed E-state index contributed by atoms with van der Waals surface area (Å²) in [6.07, 6.45) is 1.53. The number of carbonyl (C=O) groups excluding carboxylic acids is 1. The maximum Gasteiger partial charge on any atom is 0.229 e. The minimum atomic E-state index is 0. The van der Waals surface area contributed by atoms with Crippen LogP contribution in [0, 0.1) is 5.92 Å². The Kier molecular flexibility index (Phi) is 7.95. The third-order valence-electron chi connectivity index (χ3n) is 4.64. The van der Waals surface area contributed by atoms with E-state index >= 15 is 0 Å². The normalized spacial score (nSPS) is 22.9. The lowest BCUT2D eigenvalue weighted by atomic mass is 10.1. The first-order chi connectivity index (χ1) is 12.2. The minimum Gasteiger partial charge on any atom is -0.497 e. The van der Waals surface area contributed by atoms with Crippen LogP contribution in [0.15, 0.2) is 29.3 Å². The highest BCUT2D eigenvalue weighted by Gasteiger charge is 2.31. The van der Waals surface area contributed by atoms with Crippen molar-refractivity contribution >= 4 is 41.5 Å². The van der Waals surface area contributed by atoms with Gasteiger partial charge in [0.2, 0.25) is 5.91 Å². The Balaban J connectivity index is 0.00000243. The van der Waals surface area contributed by atoms with Crippen molar-refractivity contribution in [3.05, 3.63) is 24.3 Å². The van der Waals surface area contributed by atoms with Crippen molar-refractivity contribution in [1.29, 1.82) is 0 Å². The summed E-state index contributed by atoms with van der Waals surface area (Å²) in [6.45, 7) is 3.08. The van der Waals surface area contributed by atoms with E-state index in [4.69, 9.17) is 9.47 Å². The predicted molar refractivity (Wildman–Crippen MR) is 113 cm³/mol. The molecule has 0 spiro atoms. The highest BCUT2D eigenvalue weighted by atomic mass is 127. The summed E-state index contributed by atoms with van der Waals surface area (Å²) in [5.74, 6) is 2.11. The van der Waals surface area contributed by atoms with E-state index in [9.17, 15) is 4.79 Å². The monoisotopic (exact) mass is 474 g/mol. The minimum absolute atomic E-state index is 0. The zero-order chi connectivity index (χ0) is 17.6. The summed E-state index contributed by atoms with van der Waals surface area (Å²) >= 11 is 0. The number of hydrogen-bond donors (Lipinski definition) is 2. The molecule has 0 aromatic heterocycles. The van der Waals surface area contributed by atoms with Gasteiger partial charge in [-0.25, -0.2) is 0 Å². The number of carbonyl (C=O) groups is 1. The second-order valence-corrected chi connectivity index (χ2v) is 6.43. The number of anilines is 1. The summed E-state index contributed by atoms with van der Waals surface area (Å²) in [6, 6.07) is 7.61. The largest absolute Gasteiger partial charge is 0.497 e. The molecule has 144 valence electrons. The molecule has 8 heteroatoms. The molecule has 0 bridgehead atoms. The molecule has 0 saturated carbocycles. The van der Waals surface area contributed by atoms with Gasteiger partial charge in [-0.1, -0.05) is 6.07 Å². The van der Waals surface area contributed by atoms with E-state index < -0.39 is 0 Å². The van der Waals surface area contributed by atoms with E-state index in [1.165, 1.54) is 0 Å². The van der Waals surface area contributed by atoms with Crippen molar-refractivity contribution in [1.82, 2.24) is 10.6 Å². The topological polar surface area (TPSA) is 75.2 Å². The van der Waals surface area contributed by atoms with Crippen molar-refractivity contribution in [2.24, 2.45) is 10.9 Å². The van der Waals surface area contributed by atoms with Crippen LogP contribution in [0.2, 0.25) is 0 Å². The number of halogens is 1. The van der Waals surface area contributed by atoms with Crippen LogP contribution in [-0.4, -0.2) is 58.4 Å². The first-order valence-electron chi connectivity index (χ1n) is 8.69. The van der Waals surface area contributed by atoms with Crippen molar-refractivity contribution in [2.75, 3.05) is 45.4 Å². The predicted octanol–water partition coefficient (Wildman–Crippen LogP) is 1.62. The zero-order valence-electron chi connectivity index (χ0n) is 15.2. The number of guanidine groups is 1. The average Bonchev–Trinajstić information content (AvgIpc) is 3.28. The maximum atomic E-state index is 12.4. The molecule has 2 aliphatic rings. The quantitative estimate of drug-likeness (QED) is 0.386. The molecule has 2 heterocycles. The van der Waals surface area contributed by atoms with Crippen LogP contribution < -0.4 is 20.3 Å². The average molecular weight is 474 g/mol. The second-order valence-electron chi connectivity index (χ2n) is 6.43. The molecule has 26 heavy (non-hydrogen) atoms. The fraction of sp³-hybridized carbons (Fsp3) is 0.556. The van der Waals surface area contributed by atoms with Crippen molar-refractivity contribution in [3.8, 4) is 5.75 Å². The fourth-order valence-corrected chi connectivity index (χ4v) is 3.21. The van der Waals surface area contributed by atoms with Gasteiger partial charge in [-0.05, 0) is 18.6 Å². The van der Waals surface area contributed by atoms with E-state index in [-0.39, 0.29) is 35.9 Å². The lowest BCUT2D eigenvalue weighted by molar-refractivity contribution is -0.117. The molecular formula is C18H27IN4O3. The molecule has 1 aromatic carbocycles. The molecule has 1 amide bonds.